The fourth-order valence-corrected chi connectivity index (χ4v) is 1.72. The van der Waals surface area contributed by atoms with Crippen LogP contribution in [-0.4, -0.2) is 40.4 Å². The van der Waals surface area contributed by atoms with E-state index in [4.69, 9.17) is 9.47 Å². The standard InChI is InChI=1S/C15H17N5O4/c1-3-23-14(21)19-12-16-11(10-8-6-5-7-9-10)17-13(18-12)20-15(22)24-4-2/h5-9H,3-4H2,1-2H3,(H2,16,17,18,19,20,21,22). The van der Waals surface area contributed by atoms with Crippen molar-refractivity contribution in [3.05, 3.63) is 30.3 Å². The molecule has 2 rings (SSSR count). The lowest BCUT2D eigenvalue weighted by atomic mass is 10.2. The first-order chi connectivity index (χ1) is 11.6. The Balaban J connectivity index is 2.32. The number of benzene rings is 1. The van der Waals surface area contributed by atoms with Crippen LogP contribution >= 0.6 is 0 Å². The van der Waals surface area contributed by atoms with Gasteiger partial charge in [0.05, 0.1) is 13.2 Å². The summed E-state index contributed by atoms with van der Waals surface area (Å²) in [5.41, 5.74) is 0.693. The van der Waals surface area contributed by atoms with Crippen molar-refractivity contribution in [3.8, 4) is 11.4 Å². The molecule has 0 saturated carbocycles. The first kappa shape index (κ1) is 17.1. The van der Waals surface area contributed by atoms with E-state index in [1.54, 1.807) is 26.0 Å². The highest BCUT2D eigenvalue weighted by Gasteiger charge is 2.13. The second-order valence-electron chi connectivity index (χ2n) is 4.36. The predicted octanol–water partition coefficient (Wildman–Crippen LogP) is 2.68. The third-order valence-corrected chi connectivity index (χ3v) is 2.65. The van der Waals surface area contributed by atoms with Gasteiger partial charge in [-0.05, 0) is 13.8 Å². The molecule has 0 unspecified atom stereocenters. The normalized spacial score (nSPS) is 9.92. The Morgan fingerprint density at radius 2 is 1.38 bits per heavy atom. The highest BCUT2D eigenvalue weighted by Crippen LogP contribution is 2.17. The van der Waals surface area contributed by atoms with Gasteiger partial charge in [-0.15, -0.1) is 0 Å². The van der Waals surface area contributed by atoms with Crippen LogP contribution in [0.2, 0.25) is 0 Å². The van der Waals surface area contributed by atoms with E-state index in [0.717, 1.165) is 0 Å². The number of ether oxygens (including phenoxy) is 2. The number of hydrogen-bond donors (Lipinski definition) is 2. The molecule has 1 aromatic heterocycles. The fraction of sp³-hybridized carbons (Fsp3) is 0.267. The minimum Gasteiger partial charge on any atom is -0.450 e. The molecular weight excluding hydrogens is 314 g/mol. The molecule has 0 fully saturated rings. The van der Waals surface area contributed by atoms with E-state index in [1.807, 2.05) is 18.2 Å². The molecule has 0 saturated heterocycles. The number of aromatic nitrogens is 3. The first-order valence-corrected chi connectivity index (χ1v) is 7.31. The van der Waals surface area contributed by atoms with Crippen LogP contribution in [-0.2, 0) is 9.47 Å². The maximum Gasteiger partial charge on any atom is 0.414 e. The number of carbonyl (C=O) groups is 2. The zero-order valence-electron chi connectivity index (χ0n) is 13.3. The Morgan fingerprint density at radius 1 is 0.875 bits per heavy atom. The molecule has 2 N–H and O–H groups in total. The Labute approximate surface area is 138 Å². The van der Waals surface area contributed by atoms with E-state index in [1.165, 1.54) is 0 Å². The van der Waals surface area contributed by atoms with Gasteiger partial charge in [-0.1, -0.05) is 30.3 Å². The van der Waals surface area contributed by atoms with Crippen LogP contribution in [0.5, 0.6) is 0 Å². The average Bonchev–Trinajstić information content (AvgIpc) is 2.55. The summed E-state index contributed by atoms with van der Waals surface area (Å²) in [5, 5.41) is 4.77. The Morgan fingerprint density at radius 3 is 1.83 bits per heavy atom. The molecule has 0 aliphatic rings. The SMILES string of the molecule is CCOC(=O)Nc1nc(NC(=O)OCC)nc(-c2ccccc2)n1. The van der Waals surface area contributed by atoms with Crippen molar-refractivity contribution in [3.63, 3.8) is 0 Å². The summed E-state index contributed by atoms with van der Waals surface area (Å²) < 4.78 is 9.58. The van der Waals surface area contributed by atoms with Gasteiger partial charge in [-0.3, -0.25) is 10.6 Å². The number of carbonyl (C=O) groups excluding carboxylic acids is 2. The van der Waals surface area contributed by atoms with Crippen LogP contribution < -0.4 is 10.6 Å². The van der Waals surface area contributed by atoms with Gasteiger partial charge < -0.3 is 9.47 Å². The summed E-state index contributed by atoms with van der Waals surface area (Å²) in [5.74, 6) is 0.187. The lowest BCUT2D eigenvalue weighted by Gasteiger charge is -2.09. The first-order valence-electron chi connectivity index (χ1n) is 7.31. The van der Waals surface area contributed by atoms with E-state index in [0.29, 0.717) is 5.56 Å². The molecule has 2 amide bonds. The molecule has 0 radical (unpaired) electrons. The van der Waals surface area contributed by atoms with Gasteiger partial charge in [0.2, 0.25) is 11.9 Å². The van der Waals surface area contributed by atoms with E-state index < -0.39 is 12.2 Å². The Hall–Kier alpha value is -3.23. The van der Waals surface area contributed by atoms with E-state index in [2.05, 4.69) is 25.6 Å². The fourth-order valence-electron chi connectivity index (χ4n) is 1.72. The topological polar surface area (TPSA) is 115 Å². The highest BCUT2D eigenvalue weighted by molar-refractivity contribution is 5.85. The molecule has 24 heavy (non-hydrogen) atoms. The van der Waals surface area contributed by atoms with Crippen LogP contribution in [0.4, 0.5) is 21.5 Å². The number of anilines is 2. The maximum atomic E-state index is 11.6. The van der Waals surface area contributed by atoms with E-state index >= 15 is 0 Å². The summed E-state index contributed by atoms with van der Waals surface area (Å²) >= 11 is 0. The average molecular weight is 331 g/mol. The minimum absolute atomic E-state index is 0.0471. The third kappa shape index (κ3) is 4.90. The summed E-state index contributed by atoms with van der Waals surface area (Å²) in [7, 11) is 0. The van der Waals surface area contributed by atoms with Crippen LogP contribution in [0.15, 0.2) is 30.3 Å². The second-order valence-corrected chi connectivity index (χ2v) is 4.36. The molecule has 2 aromatic rings. The number of rotatable bonds is 5. The largest absolute Gasteiger partial charge is 0.450 e. The molecule has 1 heterocycles. The number of hydrogen-bond acceptors (Lipinski definition) is 7. The smallest absolute Gasteiger partial charge is 0.414 e. The molecule has 1 aromatic carbocycles. The van der Waals surface area contributed by atoms with Crippen molar-refractivity contribution in [1.82, 2.24) is 15.0 Å². The molecule has 126 valence electrons. The molecule has 9 heteroatoms. The van der Waals surface area contributed by atoms with Crippen LogP contribution in [0, 0.1) is 0 Å². The maximum absolute atomic E-state index is 11.6. The lowest BCUT2D eigenvalue weighted by Crippen LogP contribution is -2.19. The van der Waals surface area contributed by atoms with Gasteiger partial charge in [0.25, 0.3) is 0 Å². The van der Waals surface area contributed by atoms with Crippen molar-refractivity contribution in [2.75, 3.05) is 23.8 Å². The predicted molar refractivity (Wildman–Crippen MR) is 86.6 cm³/mol. The molecule has 0 aliphatic carbocycles. The lowest BCUT2D eigenvalue weighted by molar-refractivity contribution is 0.167. The minimum atomic E-state index is -0.704. The Bertz CT molecular complexity index is 670. The molecule has 0 bridgehead atoms. The molecule has 0 aliphatic heterocycles. The van der Waals surface area contributed by atoms with Crippen molar-refractivity contribution < 1.29 is 19.1 Å². The summed E-state index contributed by atoms with van der Waals surface area (Å²) in [6.07, 6.45) is -1.41. The zero-order chi connectivity index (χ0) is 17.4. The van der Waals surface area contributed by atoms with Gasteiger partial charge in [0.15, 0.2) is 5.82 Å². The summed E-state index contributed by atoms with van der Waals surface area (Å²) in [6.45, 7) is 3.76. The monoisotopic (exact) mass is 331 g/mol. The Kier molecular flexibility index (Phi) is 6.01. The van der Waals surface area contributed by atoms with Crippen LogP contribution in [0.1, 0.15) is 13.8 Å². The number of nitrogens with one attached hydrogen (secondary N) is 2. The van der Waals surface area contributed by atoms with Gasteiger partial charge >= 0.3 is 12.2 Å². The highest BCUT2D eigenvalue weighted by atomic mass is 16.6. The van der Waals surface area contributed by atoms with Gasteiger partial charge in [0.1, 0.15) is 0 Å². The van der Waals surface area contributed by atoms with Gasteiger partial charge in [-0.25, -0.2) is 9.59 Å². The summed E-state index contributed by atoms with van der Waals surface area (Å²) in [4.78, 5) is 35.4. The number of nitrogens with zero attached hydrogens (tertiary/aromatic N) is 3. The van der Waals surface area contributed by atoms with Crippen molar-refractivity contribution in [2.45, 2.75) is 13.8 Å². The molecule has 9 nitrogen and oxygen atoms in total. The van der Waals surface area contributed by atoms with Crippen molar-refractivity contribution in [2.24, 2.45) is 0 Å². The summed E-state index contributed by atoms with van der Waals surface area (Å²) in [6, 6.07) is 9.06. The van der Waals surface area contributed by atoms with Gasteiger partial charge in [0, 0.05) is 5.56 Å². The van der Waals surface area contributed by atoms with Crippen molar-refractivity contribution in [1.29, 1.82) is 0 Å². The number of amides is 2. The van der Waals surface area contributed by atoms with Crippen LogP contribution in [0.25, 0.3) is 11.4 Å². The van der Waals surface area contributed by atoms with Crippen molar-refractivity contribution >= 4 is 24.1 Å². The second kappa shape index (κ2) is 8.42. The van der Waals surface area contributed by atoms with E-state index in [9.17, 15) is 9.59 Å². The quantitative estimate of drug-likeness (QED) is 0.865. The molecular formula is C15H17N5O4. The van der Waals surface area contributed by atoms with E-state index in [-0.39, 0.29) is 30.9 Å². The third-order valence-electron chi connectivity index (χ3n) is 2.65. The zero-order valence-corrected chi connectivity index (χ0v) is 13.3. The molecule has 0 atom stereocenters. The van der Waals surface area contributed by atoms with Crippen LogP contribution in [0.3, 0.4) is 0 Å². The molecule has 0 spiro atoms. The van der Waals surface area contributed by atoms with Gasteiger partial charge in [-0.2, -0.15) is 15.0 Å².